The zero-order valence-electron chi connectivity index (χ0n) is 31.5. The van der Waals surface area contributed by atoms with Gasteiger partial charge in [0.15, 0.2) is 17.5 Å². The number of hydrogen-bond donors (Lipinski definition) is 0. The smallest absolute Gasteiger partial charge is 0.164 e. The van der Waals surface area contributed by atoms with Gasteiger partial charge in [-0.15, -0.1) is 0 Å². The Morgan fingerprint density at radius 2 is 1.04 bits per heavy atom. The molecule has 0 saturated heterocycles. The average molecular weight is 730 g/mol. The van der Waals surface area contributed by atoms with Crippen molar-refractivity contribution >= 4 is 32.4 Å². The fourth-order valence-electron chi connectivity index (χ4n) is 8.70. The molecule has 11 rings (SSSR count). The SMILES string of the molecule is CC1(C)c2cc(-c3cc(-c4nc(-c5ccccc5)nc(-c5ccccc5)n4)cc(-c4nc5ccccc5c5ccncc45)c3)ccc2-c2c1ccc1ccccc21. The Bertz CT molecular complexity index is 3150. The van der Waals surface area contributed by atoms with E-state index in [0.717, 1.165) is 60.8 Å². The number of aromatic nitrogens is 5. The number of nitrogens with zero attached hydrogens (tertiary/aromatic N) is 5. The second-order valence-electron chi connectivity index (χ2n) is 15.3. The maximum atomic E-state index is 5.32. The summed E-state index contributed by atoms with van der Waals surface area (Å²) >= 11 is 0. The maximum absolute atomic E-state index is 5.32. The first-order valence-electron chi connectivity index (χ1n) is 19.3. The summed E-state index contributed by atoms with van der Waals surface area (Å²) in [5.41, 5.74) is 12.8. The molecule has 0 aliphatic heterocycles. The van der Waals surface area contributed by atoms with Gasteiger partial charge >= 0.3 is 0 Å². The minimum atomic E-state index is -0.184. The van der Waals surface area contributed by atoms with Crippen LogP contribution in [0.2, 0.25) is 0 Å². The van der Waals surface area contributed by atoms with Crippen LogP contribution in [0, 0.1) is 0 Å². The fraction of sp³-hybridized carbons (Fsp3) is 0.0577. The van der Waals surface area contributed by atoms with Gasteiger partial charge in [-0.05, 0) is 85.9 Å². The van der Waals surface area contributed by atoms with E-state index in [-0.39, 0.29) is 5.41 Å². The molecular formula is C52H35N5. The molecule has 5 nitrogen and oxygen atoms in total. The number of hydrogen-bond acceptors (Lipinski definition) is 5. The number of fused-ring (bicyclic) bond motifs is 8. The maximum Gasteiger partial charge on any atom is 0.164 e. The number of rotatable bonds is 5. The Balaban J connectivity index is 1.17. The molecule has 0 bridgehead atoms. The summed E-state index contributed by atoms with van der Waals surface area (Å²) in [6.07, 6.45) is 3.79. The van der Waals surface area contributed by atoms with E-state index in [1.807, 2.05) is 79.1 Å². The van der Waals surface area contributed by atoms with E-state index >= 15 is 0 Å². The largest absolute Gasteiger partial charge is 0.264 e. The van der Waals surface area contributed by atoms with Gasteiger partial charge in [0.2, 0.25) is 0 Å². The highest BCUT2D eigenvalue weighted by Gasteiger charge is 2.36. The summed E-state index contributed by atoms with van der Waals surface area (Å²) in [6, 6.07) is 57.6. The second kappa shape index (κ2) is 12.9. The predicted octanol–water partition coefficient (Wildman–Crippen LogP) is 12.8. The van der Waals surface area contributed by atoms with Gasteiger partial charge in [-0.1, -0.05) is 141 Å². The third-order valence-corrected chi connectivity index (χ3v) is 11.6. The van der Waals surface area contributed by atoms with E-state index < -0.39 is 0 Å². The molecule has 3 heterocycles. The monoisotopic (exact) mass is 729 g/mol. The third kappa shape index (κ3) is 5.42. The van der Waals surface area contributed by atoms with Gasteiger partial charge in [0.05, 0.1) is 11.2 Å². The molecular weight excluding hydrogens is 695 g/mol. The Morgan fingerprint density at radius 1 is 0.404 bits per heavy atom. The molecule has 268 valence electrons. The van der Waals surface area contributed by atoms with Crippen molar-refractivity contribution in [3.05, 3.63) is 187 Å². The topological polar surface area (TPSA) is 64.5 Å². The summed E-state index contributed by atoms with van der Waals surface area (Å²) in [5.74, 6) is 1.83. The minimum Gasteiger partial charge on any atom is -0.264 e. The van der Waals surface area contributed by atoms with Gasteiger partial charge in [0.25, 0.3) is 0 Å². The first-order valence-corrected chi connectivity index (χ1v) is 19.3. The van der Waals surface area contributed by atoms with Crippen LogP contribution in [-0.2, 0) is 5.41 Å². The normalized spacial score (nSPS) is 12.9. The van der Waals surface area contributed by atoms with Crippen LogP contribution in [0.5, 0.6) is 0 Å². The van der Waals surface area contributed by atoms with Gasteiger partial charge in [0, 0.05) is 50.8 Å². The molecule has 57 heavy (non-hydrogen) atoms. The lowest BCUT2D eigenvalue weighted by Gasteiger charge is -2.22. The molecule has 0 amide bonds. The molecule has 0 atom stereocenters. The minimum absolute atomic E-state index is 0.184. The second-order valence-corrected chi connectivity index (χ2v) is 15.3. The molecule has 1 aliphatic rings. The third-order valence-electron chi connectivity index (χ3n) is 11.6. The molecule has 0 radical (unpaired) electrons. The van der Waals surface area contributed by atoms with Crippen molar-refractivity contribution in [2.75, 3.05) is 0 Å². The van der Waals surface area contributed by atoms with Crippen molar-refractivity contribution in [3.63, 3.8) is 0 Å². The number of benzene rings is 7. The lowest BCUT2D eigenvalue weighted by molar-refractivity contribution is 0.661. The van der Waals surface area contributed by atoms with Gasteiger partial charge < -0.3 is 0 Å². The summed E-state index contributed by atoms with van der Waals surface area (Å²) in [7, 11) is 0. The molecule has 0 spiro atoms. The molecule has 3 aromatic heterocycles. The number of para-hydroxylation sites is 1. The van der Waals surface area contributed by atoms with Crippen LogP contribution in [0.4, 0.5) is 0 Å². The highest BCUT2D eigenvalue weighted by atomic mass is 15.0. The average Bonchev–Trinajstić information content (AvgIpc) is 3.51. The Morgan fingerprint density at radius 3 is 1.79 bits per heavy atom. The van der Waals surface area contributed by atoms with Crippen molar-refractivity contribution in [2.24, 2.45) is 0 Å². The Labute approximate surface area is 330 Å². The van der Waals surface area contributed by atoms with E-state index in [0.29, 0.717) is 17.5 Å². The Hall–Kier alpha value is -7.37. The lowest BCUT2D eigenvalue weighted by atomic mass is 9.81. The molecule has 0 unspecified atom stereocenters. The van der Waals surface area contributed by atoms with Crippen molar-refractivity contribution < 1.29 is 0 Å². The van der Waals surface area contributed by atoms with Crippen molar-refractivity contribution in [1.82, 2.24) is 24.9 Å². The number of pyridine rings is 2. The van der Waals surface area contributed by atoms with Crippen LogP contribution in [-0.4, -0.2) is 24.9 Å². The van der Waals surface area contributed by atoms with Gasteiger partial charge in [-0.25, -0.2) is 19.9 Å². The summed E-state index contributed by atoms with van der Waals surface area (Å²) in [5, 5.41) is 5.75. The van der Waals surface area contributed by atoms with Crippen molar-refractivity contribution in [1.29, 1.82) is 0 Å². The summed E-state index contributed by atoms with van der Waals surface area (Å²) in [6.45, 7) is 4.69. The van der Waals surface area contributed by atoms with Gasteiger partial charge in [-0.2, -0.15) is 0 Å². The van der Waals surface area contributed by atoms with E-state index in [4.69, 9.17) is 19.9 Å². The molecule has 0 saturated carbocycles. The molecule has 1 aliphatic carbocycles. The summed E-state index contributed by atoms with van der Waals surface area (Å²) < 4.78 is 0. The van der Waals surface area contributed by atoms with Crippen LogP contribution in [0.1, 0.15) is 25.0 Å². The van der Waals surface area contributed by atoms with Crippen molar-refractivity contribution in [2.45, 2.75) is 19.3 Å². The van der Waals surface area contributed by atoms with Crippen molar-refractivity contribution in [3.8, 4) is 67.7 Å². The predicted molar refractivity (Wildman–Crippen MR) is 233 cm³/mol. The zero-order valence-corrected chi connectivity index (χ0v) is 31.5. The zero-order chi connectivity index (χ0) is 38.1. The van der Waals surface area contributed by atoms with Crippen LogP contribution >= 0.6 is 0 Å². The van der Waals surface area contributed by atoms with E-state index in [2.05, 4.69) is 116 Å². The molecule has 5 heteroatoms. The Kier molecular flexibility index (Phi) is 7.45. The fourth-order valence-corrected chi connectivity index (χ4v) is 8.70. The molecule has 0 N–H and O–H groups in total. The lowest BCUT2D eigenvalue weighted by Crippen LogP contribution is -2.15. The van der Waals surface area contributed by atoms with Crippen LogP contribution in [0.25, 0.3) is 100 Å². The van der Waals surface area contributed by atoms with Gasteiger partial charge in [-0.3, -0.25) is 4.98 Å². The highest BCUT2D eigenvalue weighted by molar-refractivity contribution is 6.11. The van der Waals surface area contributed by atoms with Crippen LogP contribution in [0.15, 0.2) is 176 Å². The highest BCUT2D eigenvalue weighted by Crippen LogP contribution is 2.52. The quantitative estimate of drug-likeness (QED) is 0.165. The van der Waals surface area contributed by atoms with Gasteiger partial charge in [0.1, 0.15) is 0 Å². The summed E-state index contributed by atoms with van der Waals surface area (Å²) in [4.78, 5) is 25.2. The first-order chi connectivity index (χ1) is 28.0. The standard InChI is InChI=1S/C52H35N5/c1-52(2)44-24-22-32-13-9-10-18-39(32)47(44)42-23-21-35(30-45(42)52)36-27-37(48-43-31-53-26-25-40(43)41-19-11-12-20-46(41)54-48)29-38(28-36)51-56-49(33-14-5-3-6-15-33)55-50(57-51)34-16-7-4-8-17-34/h3-31H,1-2H3. The van der Waals surface area contributed by atoms with Crippen LogP contribution in [0.3, 0.4) is 0 Å². The molecule has 10 aromatic rings. The van der Waals surface area contributed by atoms with E-state index in [9.17, 15) is 0 Å². The molecule has 0 fully saturated rings. The van der Waals surface area contributed by atoms with Crippen LogP contribution < -0.4 is 0 Å². The molecule has 7 aromatic carbocycles. The first kappa shape index (κ1) is 33.0. The van der Waals surface area contributed by atoms with E-state index in [1.165, 1.54) is 33.0 Å². The van der Waals surface area contributed by atoms with E-state index in [1.54, 1.807) is 0 Å².